The molecule has 162 valence electrons. The summed E-state index contributed by atoms with van der Waals surface area (Å²) in [6.45, 7) is 4.19. The van der Waals surface area contributed by atoms with Crippen LogP contribution in [0.25, 0.3) is 11.4 Å². The molecule has 1 fully saturated rings. The molecule has 1 aromatic carbocycles. The van der Waals surface area contributed by atoms with Crippen molar-refractivity contribution < 1.29 is 4.79 Å². The number of carbonyl (C=O) groups excluding carboxylic acids is 1. The van der Waals surface area contributed by atoms with Crippen LogP contribution in [0.1, 0.15) is 74.3 Å². The molecule has 1 saturated carbocycles. The van der Waals surface area contributed by atoms with E-state index >= 15 is 0 Å². The van der Waals surface area contributed by atoms with Gasteiger partial charge >= 0.3 is 0 Å². The number of aromatic nitrogens is 4. The summed E-state index contributed by atoms with van der Waals surface area (Å²) in [5, 5.41) is 9.48. The molecule has 0 unspecified atom stereocenters. The van der Waals surface area contributed by atoms with Gasteiger partial charge in [-0.05, 0) is 50.3 Å². The van der Waals surface area contributed by atoms with Crippen LogP contribution in [0, 0.1) is 0 Å². The molecule has 0 amide bonds. The van der Waals surface area contributed by atoms with Crippen molar-refractivity contribution in [1.29, 1.82) is 0 Å². The molecular weight excluding hydrogens is 404 g/mol. The Morgan fingerprint density at radius 1 is 1.06 bits per heavy atom. The zero-order chi connectivity index (χ0) is 21.6. The number of unbranched alkanes of at least 4 members (excludes halogenated alkanes) is 3. The number of aryl methyl sites for hydroxylation is 1. The maximum absolute atomic E-state index is 13.0. The Labute approximate surface area is 188 Å². The number of pyridine rings is 1. The van der Waals surface area contributed by atoms with Gasteiger partial charge in [-0.1, -0.05) is 62.2 Å². The van der Waals surface area contributed by atoms with Crippen LogP contribution in [0.3, 0.4) is 0 Å². The second kappa shape index (κ2) is 10.2. The lowest BCUT2D eigenvalue weighted by Crippen LogP contribution is -2.15. The smallest absolute Gasteiger partial charge is 0.192 e. The molecule has 3 aromatic rings. The monoisotopic (exact) mass is 434 g/mol. The number of nitrogens with zero attached hydrogens (tertiary/aromatic N) is 4. The predicted octanol–water partition coefficient (Wildman–Crippen LogP) is 6.16. The highest BCUT2D eigenvalue weighted by molar-refractivity contribution is 8.00. The molecule has 2 aromatic heterocycles. The van der Waals surface area contributed by atoms with E-state index in [2.05, 4.69) is 38.8 Å². The first kappa shape index (κ1) is 21.8. The fourth-order valence-electron chi connectivity index (χ4n) is 3.76. The molecule has 0 aliphatic heterocycles. The Morgan fingerprint density at radius 2 is 1.81 bits per heavy atom. The molecule has 1 atom stereocenters. The fraction of sp³-hybridized carbons (Fsp3) is 0.440. The molecule has 0 saturated heterocycles. The van der Waals surface area contributed by atoms with E-state index in [1.54, 1.807) is 12.4 Å². The number of Topliss-reactive ketones (excluding diaryl/α,β-unsaturated/α-hetero) is 1. The van der Waals surface area contributed by atoms with E-state index in [-0.39, 0.29) is 11.0 Å². The molecule has 0 N–H and O–H groups in total. The number of hydrogen-bond acceptors (Lipinski definition) is 5. The first-order valence-corrected chi connectivity index (χ1v) is 12.2. The molecule has 4 rings (SSSR count). The summed E-state index contributed by atoms with van der Waals surface area (Å²) in [7, 11) is 0. The largest absolute Gasteiger partial charge is 0.299 e. The number of thioether (sulfide) groups is 1. The van der Waals surface area contributed by atoms with Gasteiger partial charge in [0.1, 0.15) is 0 Å². The van der Waals surface area contributed by atoms with Gasteiger partial charge in [-0.25, -0.2) is 0 Å². The van der Waals surface area contributed by atoms with E-state index in [0.717, 1.165) is 41.4 Å². The molecule has 0 radical (unpaired) electrons. The third-order valence-electron chi connectivity index (χ3n) is 5.72. The van der Waals surface area contributed by atoms with Crippen molar-refractivity contribution in [2.24, 2.45) is 0 Å². The topological polar surface area (TPSA) is 60.7 Å². The van der Waals surface area contributed by atoms with Crippen molar-refractivity contribution in [2.75, 3.05) is 0 Å². The predicted molar refractivity (Wildman–Crippen MR) is 125 cm³/mol. The maximum atomic E-state index is 13.0. The molecule has 31 heavy (non-hydrogen) atoms. The van der Waals surface area contributed by atoms with Gasteiger partial charge in [-0.2, -0.15) is 0 Å². The van der Waals surface area contributed by atoms with E-state index in [1.165, 1.54) is 43.0 Å². The van der Waals surface area contributed by atoms with Crippen molar-refractivity contribution in [3.05, 3.63) is 59.9 Å². The summed E-state index contributed by atoms with van der Waals surface area (Å²) in [5.74, 6) is 0.998. The summed E-state index contributed by atoms with van der Waals surface area (Å²) in [6.07, 6.45) is 11.9. The van der Waals surface area contributed by atoms with Gasteiger partial charge in [0.15, 0.2) is 16.8 Å². The Balaban J connectivity index is 1.43. The van der Waals surface area contributed by atoms with Crippen LogP contribution in [0.5, 0.6) is 0 Å². The van der Waals surface area contributed by atoms with Gasteiger partial charge in [0.05, 0.1) is 5.25 Å². The summed E-state index contributed by atoms with van der Waals surface area (Å²) in [6, 6.07) is 12.5. The normalized spacial score (nSPS) is 14.5. The standard InChI is InChI=1S/C25H30N4OS/c1-3-4-5-6-7-19-8-10-20(11-9-19)23(30)18(2)31-25-28-27-24(29(25)22-12-13-22)21-14-16-26-17-15-21/h8-11,14-18,22H,3-7,12-13H2,1-2H3/t18-/m0/s1. The van der Waals surface area contributed by atoms with Crippen LogP contribution in [-0.2, 0) is 6.42 Å². The molecule has 1 aliphatic carbocycles. The minimum atomic E-state index is -0.220. The van der Waals surface area contributed by atoms with Gasteiger partial charge in [0.25, 0.3) is 0 Å². The van der Waals surface area contributed by atoms with Crippen LogP contribution in [0.2, 0.25) is 0 Å². The second-order valence-electron chi connectivity index (χ2n) is 8.28. The zero-order valence-electron chi connectivity index (χ0n) is 18.3. The molecule has 0 bridgehead atoms. The van der Waals surface area contributed by atoms with Crippen LogP contribution in [0.4, 0.5) is 0 Å². The summed E-state index contributed by atoms with van der Waals surface area (Å²) < 4.78 is 2.20. The van der Waals surface area contributed by atoms with Crippen molar-refractivity contribution in [3.63, 3.8) is 0 Å². The lowest BCUT2D eigenvalue weighted by Gasteiger charge is -2.13. The minimum Gasteiger partial charge on any atom is -0.299 e. The highest BCUT2D eigenvalue weighted by atomic mass is 32.2. The zero-order valence-corrected chi connectivity index (χ0v) is 19.1. The number of rotatable bonds is 11. The van der Waals surface area contributed by atoms with Gasteiger partial charge in [-0.15, -0.1) is 10.2 Å². The van der Waals surface area contributed by atoms with Crippen molar-refractivity contribution >= 4 is 17.5 Å². The summed E-state index contributed by atoms with van der Waals surface area (Å²) in [4.78, 5) is 17.1. The van der Waals surface area contributed by atoms with E-state index in [0.29, 0.717) is 6.04 Å². The number of hydrogen-bond donors (Lipinski definition) is 0. The number of carbonyl (C=O) groups is 1. The van der Waals surface area contributed by atoms with Crippen LogP contribution >= 0.6 is 11.8 Å². The van der Waals surface area contributed by atoms with Crippen molar-refractivity contribution in [2.45, 2.75) is 75.2 Å². The molecule has 1 aliphatic rings. The van der Waals surface area contributed by atoms with Crippen LogP contribution in [0.15, 0.2) is 53.9 Å². The first-order chi connectivity index (χ1) is 15.2. The van der Waals surface area contributed by atoms with Crippen molar-refractivity contribution in [3.8, 4) is 11.4 Å². The molecule has 0 spiro atoms. The van der Waals surface area contributed by atoms with E-state index < -0.39 is 0 Å². The molecule has 6 heteroatoms. The van der Waals surface area contributed by atoms with Gasteiger partial charge < -0.3 is 0 Å². The Bertz CT molecular complexity index is 996. The van der Waals surface area contributed by atoms with Crippen LogP contribution < -0.4 is 0 Å². The van der Waals surface area contributed by atoms with Gasteiger partial charge in [0.2, 0.25) is 0 Å². The quantitative estimate of drug-likeness (QED) is 0.205. The van der Waals surface area contributed by atoms with Gasteiger partial charge in [0, 0.05) is 29.6 Å². The highest BCUT2D eigenvalue weighted by Crippen LogP contribution is 2.41. The molecular formula is C25H30N4OS. The number of ketones is 1. The lowest BCUT2D eigenvalue weighted by atomic mass is 10.0. The Morgan fingerprint density at radius 3 is 2.48 bits per heavy atom. The van der Waals surface area contributed by atoms with Crippen LogP contribution in [-0.4, -0.2) is 30.8 Å². The maximum Gasteiger partial charge on any atom is 0.192 e. The summed E-state index contributed by atoms with van der Waals surface area (Å²) in [5.41, 5.74) is 3.09. The SMILES string of the molecule is CCCCCCc1ccc(C(=O)[C@H](C)Sc2nnc(-c3ccncc3)n2C2CC2)cc1. The summed E-state index contributed by atoms with van der Waals surface area (Å²) >= 11 is 1.50. The fourth-order valence-corrected chi connectivity index (χ4v) is 4.75. The average Bonchev–Trinajstić information content (AvgIpc) is 3.57. The third kappa shape index (κ3) is 5.42. The molecule has 2 heterocycles. The first-order valence-electron chi connectivity index (χ1n) is 11.3. The van der Waals surface area contributed by atoms with Gasteiger partial charge in [-0.3, -0.25) is 14.3 Å². The Kier molecular flexibility index (Phi) is 7.17. The van der Waals surface area contributed by atoms with E-state index in [1.807, 2.05) is 31.2 Å². The second-order valence-corrected chi connectivity index (χ2v) is 9.58. The van der Waals surface area contributed by atoms with Crippen molar-refractivity contribution in [1.82, 2.24) is 19.7 Å². The average molecular weight is 435 g/mol. The third-order valence-corrected chi connectivity index (χ3v) is 6.78. The molecule has 5 nitrogen and oxygen atoms in total. The number of benzene rings is 1. The highest BCUT2D eigenvalue weighted by Gasteiger charge is 2.31. The van der Waals surface area contributed by atoms with E-state index in [9.17, 15) is 4.79 Å². The Hall–Kier alpha value is -2.47. The minimum absolute atomic E-state index is 0.137. The lowest BCUT2D eigenvalue weighted by molar-refractivity contribution is 0.0994. The van der Waals surface area contributed by atoms with E-state index in [4.69, 9.17) is 0 Å².